The van der Waals surface area contributed by atoms with Crippen LogP contribution in [0, 0.1) is 0 Å². The van der Waals surface area contributed by atoms with E-state index in [9.17, 15) is 18.0 Å². The number of thiophene rings is 1. The summed E-state index contributed by atoms with van der Waals surface area (Å²) in [5, 5.41) is 5.48. The van der Waals surface area contributed by atoms with Crippen LogP contribution in [-0.4, -0.2) is 27.6 Å². The zero-order valence-electron chi connectivity index (χ0n) is 14.1. The highest BCUT2D eigenvalue weighted by atomic mass is 32.1. The van der Waals surface area contributed by atoms with Crippen molar-refractivity contribution in [2.24, 2.45) is 0 Å². The molecule has 0 bridgehead atoms. The maximum Gasteiger partial charge on any atom is 0.435 e. The summed E-state index contributed by atoms with van der Waals surface area (Å²) in [4.78, 5) is 15.3. The van der Waals surface area contributed by atoms with E-state index in [1.54, 1.807) is 47.5 Å². The zero-order chi connectivity index (χ0) is 18.9. The van der Waals surface area contributed by atoms with Crippen molar-refractivity contribution in [3.05, 3.63) is 70.2 Å². The van der Waals surface area contributed by atoms with Crippen LogP contribution in [0.5, 0.6) is 0 Å². The van der Waals surface area contributed by atoms with Crippen LogP contribution in [0.1, 0.15) is 33.9 Å². The number of benzene rings is 1. The van der Waals surface area contributed by atoms with Gasteiger partial charge in [0.15, 0.2) is 5.69 Å². The van der Waals surface area contributed by atoms with Crippen molar-refractivity contribution in [3.8, 4) is 5.69 Å². The molecule has 1 unspecified atom stereocenters. The van der Waals surface area contributed by atoms with Gasteiger partial charge in [0.2, 0.25) is 0 Å². The summed E-state index contributed by atoms with van der Waals surface area (Å²) in [7, 11) is 1.73. The Hall–Kier alpha value is -2.61. The molecule has 3 aromatic rings. The number of nitrogens with zero attached hydrogens (tertiary/aromatic N) is 3. The summed E-state index contributed by atoms with van der Waals surface area (Å²) in [6, 6.07) is 11.1. The van der Waals surface area contributed by atoms with Crippen molar-refractivity contribution in [3.63, 3.8) is 0 Å². The van der Waals surface area contributed by atoms with E-state index in [0.717, 1.165) is 15.6 Å². The first kappa shape index (κ1) is 18.2. The third-order valence-electron chi connectivity index (χ3n) is 4.11. The second kappa shape index (κ2) is 6.95. The Kier molecular flexibility index (Phi) is 4.86. The number of halogens is 3. The normalized spacial score (nSPS) is 12.8. The van der Waals surface area contributed by atoms with Gasteiger partial charge in [-0.3, -0.25) is 4.79 Å². The van der Waals surface area contributed by atoms with Gasteiger partial charge in [-0.05, 0) is 48.7 Å². The number of carbonyl (C=O) groups is 1. The Balaban J connectivity index is 1.77. The third-order valence-corrected chi connectivity index (χ3v) is 5.16. The second-order valence-corrected chi connectivity index (χ2v) is 6.78. The minimum atomic E-state index is -4.48. The lowest BCUT2D eigenvalue weighted by Gasteiger charge is -2.24. The SMILES string of the molecule is CC(c1cccs1)N(C)C(=O)c1ccc(-n2ccc(C(F)(F)F)n2)cc1. The predicted molar refractivity (Wildman–Crippen MR) is 93.4 cm³/mol. The van der Waals surface area contributed by atoms with Gasteiger partial charge in [0.1, 0.15) is 0 Å². The Morgan fingerprint density at radius 2 is 1.88 bits per heavy atom. The third kappa shape index (κ3) is 3.65. The summed E-state index contributed by atoms with van der Waals surface area (Å²) in [6.07, 6.45) is -3.24. The molecular weight excluding hydrogens is 363 g/mol. The lowest BCUT2D eigenvalue weighted by Crippen LogP contribution is -2.29. The van der Waals surface area contributed by atoms with Gasteiger partial charge in [0.05, 0.1) is 11.7 Å². The minimum Gasteiger partial charge on any atom is -0.334 e. The smallest absolute Gasteiger partial charge is 0.334 e. The standard InChI is InChI=1S/C18H16F3N3OS/c1-12(15-4-3-11-26-15)23(2)17(25)13-5-7-14(8-6-13)24-10-9-16(22-24)18(19,20)21/h3-12H,1-2H3. The number of hydrogen-bond acceptors (Lipinski definition) is 3. The predicted octanol–water partition coefficient (Wildman–Crippen LogP) is 4.79. The fourth-order valence-electron chi connectivity index (χ4n) is 2.48. The summed E-state index contributed by atoms with van der Waals surface area (Å²) in [6.45, 7) is 1.94. The first-order valence-corrected chi connectivity index (χ1v) is 8.69. The van der Waals surface area contributed by atoms with Gasteiger partial charge < -0.3 is 4.90 Å². The van der Waals surface area contributed by atoms with Crippen LogP contribution in [-0.2, 0) is 6.18 Å². The van der Waals surface area contributed by atoms with E-state index >= 15 is 0 Å². The van der Waals surface area contributed by atoms with Crippen LogP contribution in [0.25, 0.3) is 5.69 Å². The topological polar surface area (TPSA) is 38.1 Å². The Morgan fingerprint density at radius 1 is 1.19 bits per heavy atom. The number of amides is 1. The first-order chi connectivity index (χ1) is 12.3. The van der Waals surface area contributed by atoms with Gasteiger partial charge in [-0.2, -0.15) is 18.3 Å². The molecule has 3 rings (SSSR count). The van der Waals surface area contributed by atoms with E-state index in [1.165, 1.54) is 6.20 Å². The van der Waals surface area contributed by atoms with Crippen molar-refractivity contribution in [1.82, 2.24) is 14.7 Å². The largest absolute Gasteiger partial charge is 0.435 e. The van der Waals surface area contributed by atoms with Gasteiger partial charge in [-0.25, -0.2) is 4.68 Å². The van der Waals surface area contributed by atoms with Gasteiger partial charge >= 0.3 is 6.18 Å². The number of rotatable bonds is 4. The Labute approximate surface area is 152 Å². The summed E-state index contributed by atoms with van der Waals surface area (Å²) in [5.74, 6) is -0.158. The molecule has 26 heavy (non-hydrogen) atoms. The lowest BCUT2D eigenvalue weighted by molar-refractivity contribution is -0.141. The highest BCUT2D eigenvalue weighted by Crippen LogP contribution is 2.28. The summed E-state index contributed by atoms with van der Waals surface area (Å²) in [5.41, 5.74) is -0.0453. The molecule has 0 N–H and O–H groups in total. The van der Waals surface area contributed by atoms with Crippen LogP contribution in [0.3, 0.4) is 0 Å². The minimum absolute atomic E-state index is 0.0670. The molecule has 8 heteroatoms. The average Bonchev–Trinajstić information content (AvgIpc) is 3.31. The summed E-state index contributed by atoms with van der Waals surface area (Å²) >= 11 is 1.58. The van der Waals surface area contributed by atoms with Crippen molar-refractivity contribution >= 4 is 17.2 Å². The molecule has 4 nitrogen and oxygen atoms in total. The molecule has 2 aromatic heterocycles. The Bertz CT molecular complexity index is 885. The molecule has 1 amide bonds. The van der Waals surface area contributed by atoms with E-state index in [-0.39, 0.29) is 11.9 Å². The molecule has 136 valence electrons. The van der Waals surface area contributed by atoms with E-state index in [0.29, 0.717) is 11.3 Å². The van der Waals surface area contributed by atoms with Crippen molar-refractivity contribution in [2.45, 2.75) is 19.1 Å². The zero-order valence-corrected chi connectivity index (χ0v) is 14.9. The quantitative estimate of drug-likeness (QED) is 0.654. The van der Waals surface area contributed by atoms with Gasteiger partial charge in [0, 0.05) is 23.7 Å². The van der Waals surface area contributed by atoms with Crippen LogP contribution >= 0.6 is 11.3 Å². The molecule has 1 aromatic carbocycles. The Morgan fingerprint density at radius 3 is 2.42 bits per heavy atom. The van der Waals surface area contributed by atoms with Crippen LogP contribution in [0.15, 0.2) is 54.0 Å². The van der Waals surface area contributed by atoms with Crippen LogP contribution in [0.2, 0.25) is 0 Å². The second-order valence-electron chi connectivity index (χ2n) is 5.80. The molecule has 0 radical (unpaired) electrons. The highest BCUT2D eigenvalue weighted by Gasteiger charge is 2.33. The average molecular weight is 379 g/mol. The van der Waals surface area contributed by atoms with E-state index in [4.69, 9.17) is 0 Å². The lowest BCUT2D eigenvalue weighted by atomic mass is 10.1. The first-order valence-electron chi connectivity index (χ1n) is 7.81. The molecule has 0 fully saturated rings. The summed E-state index contributed by atoms with van der Waals surface area (Å²) < 4.78 is 39.1. The molecule has 0 saturated carbocycles. The fourth-order valence-corrected chi connectivity index (χ4v) is 3.30. The van der Waals surface area contributed by atoms with Crippen molar-refractivity contribution < 1.29 is 18.0 Å². The van der Waals surface area contributed by atoms with E-state index in [1.807, 2.05) is 24.4 Å². The van der Waals surface area contributed by atoms with E-state index in [2.05, 4.69) is 5.10 Å². The number of hydrogen-bond donors (Lipinski definition) is 0. The molecule has 0 aliphatic rings. The maximum atomic E-state index is 12.6. The van der Waals surface area contributed by atoms with E-state index < -0.39 is 11.9 Å². The van der Waals surface area contributed by atoms with Crippen LogP contribution < -0.4 is 0 Å². The molecule has 0 saturated heterocycles. The molecular formula is C18H16F3N3OS. The van der Waals surface area contributed by atoms with Gasteiger partial charge in [-0.1, -0.05) is 6.07 Å². The highest BCUT2D eigenvalue weighted by molar-refractivity contribution is 7.10. The maximum absolute atomic E-state index is 12.6. The van der Waals surface area contributed by atoms with Gasteiger partial charge in [0.25, 0.3) is 5.91 Å². The molecule has 0 aliphatic carbocycles. The van der Waals surface area contributed by atoms with Crippen molar-refractivity contribution in [1.29, 1.82) is 0 Å². The number of aromatic nitrogens is 2. The number of carbonyl (C=O) groups excluding carboxylic acids is 1. The molecule has 1 atom stereocenters. The molecule has 2 heterocycles. The monoisotopic (exact) mass is 379 g/mol. The fraction of sp³-hybridized carbons (Fsp3) is 0.222. The molecule has 0 aliphatic heterocycles. The van der Waals surface area contributed by atoms with Crippen molar-refractivity contribution in [2.75, 3.05) is 7.05 Å². The van der Waals surface area contributed by atoms with Crippen LogP contribution in [0.4, 0.5) is 13.2 Å². The molecule has 0 spiro atoms. The van der Waals surface area contributed by atoms with Gasteiger partial charge in [-0.15, -0.1) is 11.3 Å². The number of alkyl halides is 3.